The van der Waals surface area contributed by atoms with Gasteiger partial charge in [-0.15, -0.1) is 0 Å². The van der Waals surface area contributed by atoms with E-state index < -0.39 is 0 Å². The van der Waals surface area contributed by atoms with Crippen molar-refractivity contribution in [1.82, 2.24) is 4.90 Å². The van der Waals surface area contributed by atoms with Gasteiger partial charge < -0.3 is 10.5 Å². The van der Waals surface area contributed by atoms with Crippen molar-refractivity contribution in [3.63, 3.8) is 0 Å². The van der Waals surface area contributed by atoms with Gasteiger partial charge in [0.1, 0.15) is 5.75 Å². The van der Waals surface area contributed by atoms with Crippen molar-refractivity contribution < 1.29 is 4.74 Å². The summed E-state index contributed by atoms with van der Waals surface area (Å²) >= 11 is 0. The molecule has 1 atom stereocenters. The maximum Gasteiger partial charge on any atom is 0.123 e. The van der Waals surface area contributed by atoms with E-state index in [9.17, 15) is 0 Å². The smallest absolute Gasteiger partial charge is 0.123 e. The largest absolute Gasteiger partial charge is 0.496 e. The normalized spacial score (nSPS) is 13.1. The van der Waals surface area contributed by atoms with Crippen LogP contribution in [0.25, 0.3) is 0 Å². The number of nitrogens with zero attached hydrogens (tertiary/aromatic N) is 1. The number of ether oxygens (including phenoxy) is 1. The van der Waals surface area contributed by atoms with E-state index >= 15 is 0 Å². The van der Waals surface area contributed by atoms with Crippen LogP contribution in [0.15, 0.2) is 24.3 Å². The fraction of sp³-hybridized carbons (Fsp3) is 0.571. The SMILES string of the molecule is CCN(CC(N)c1ccccc1OC)C(C)C. The zero-order valence-electron chi connectivity index (χ0n) is 11.3. The Morgan fingerprint density at radius 1 is 1.29 bits per heavy atom. The minimum atomic E-state index is -0.00602. The van der Waals surface area contributed by atoms with Crippen LogP contribution in [0.3, 0.4) is 0 Å². The highest BCUT2D eigenvalue weighted by Crippen LogP contribution is 2.24. The Kier molecular flexibility index (Phi) is 5.45. The molecular weight excluding hydrogens is 212 g/mol. The predicted octanol–water partition coefficient (Wildman–Crippen LogP) is 2.43. The number of nitrogens with two attached hydrogens (primary N) is 1. The van der Waals surface area contributed by atoms with Gasteiger partial charge in [-0.05, 0) is 26.5 Å². The van der Waals surface area contributed by atoms with E-state index in [0.29, 0.717) is 6.04 Å². The Bertz CT molecular complexity index is 339. The van der Waals surface area contributed by atoms with Crippen LogP contribution in [0.5, 0.6) is 5.75 Å². The van der Waals surface area contributed by atoms with E-state index in [4.69, 9.17) is 10.5 Å². The Labute approximate surface area is 105 Å². The first kappa shape index (κ1) is 14.0. The fourth-order valence-electron chi connectivity index (χ4n) is 2.03. The first-order valence-electron chi connectivity index (χ1n) is 6.22. The minimum Gasteiger partial charge on any atom is -0.496 e. The van der Waals surface area contributed by atoms with Crippen LogP contribution in [-0.4, -0.2) is 31.1 Å². The second-order valence-electron chi connectivity index (χ2n) is 4.53. The molecule has 0 bridgehead atoms. The molecule has 0 aliphatic carbocycles. The average Bonchev–Trinajstić information content (AvgIpc) is 2.35. The van der Waals surface area contributed by atoms with Crippen LogP contribution in [-0.2, 0) is 0 Å². The third kappa shape index (κ3) is 3.72. The summed E-state index contributed by atoms with van der Waals surface area (Å²) in [4.78, 5) is 2.36. The first-order chi connectivity index (χ1) is 8.10. The number of likely N-dealkylation sites (N-methyl/N-ethyl adjacent to an activating group) is 1. The molecule has 0 amide bonds. The van der Waals surface area contributed by atoms with Crippen molar-refractivity contribution in [3.8, 4) is 5.75 Å². The van der Waals surface area contributed by atoms with Crippen LogP contribution >= 0.6 is 0 Å². The van der Waals surface area contributed by atoms with Gasteiger partial charge in [0.15, 0.2) is 0 Å². The van der Waals surface area contributed by atoms with Crippen LogP contribution in [0.4, 0.5) is 0 Å². The highest BCUT2D eigenvalue weighted by atomic mass is 16.5. The monoisotopic (exact) mass is 236 g/mol. The number of benzene rings is 1. The lowest BCUT2D eigenvalue weighted by Gasteiger charge is -2.28. The summed E-state index contributed by atoms with van der Waals surface area (Å²) in [6.07, 6.45) is 0. The quantitative estimate of drug-likeness (QED) is 0.824. The molecule has 1 aromatic carbocycles. The number of rotatable bonds is 6. The highest BCUT2D eigenvalue weighted by molar-refractivity contribution is 5.35. The van der Waals surface area contributed by atoms with Crippen molar-refractivity contribution >= 4 is 0 Å². The molecule has 17 heavy (non-hydrogen) atoms. The number of hydrogen-bond acceptors (Lipinski definition) is 3. The molecule has 3 heteroatoms. The Balaban J connectivity index is 2.78. The molecule has 0 fully saturated rings. The molecular formula is C14H24N2O. The molecule has 1 unspecified atom stereocenters. The van der Waals surface area contributed by atoms with Gasteiger partial charge in [0.2, 0.25) is 0 Å². The van der Waals surface area contributed by atoms with Gasteiger partial charge in [0.25, 0.3) is 0 Å². The molecule has 0 radical (unpaired) electrons. The maximum atomic E-state index is 6.26. The summed E-state index contributed by atoms with van der Waals surface area (Å²) in [5.41, 5.74) is 7.34. The zero-order valence-corrected chi connectivity index (χ0v) is 11.3. The van der Waals surface area contributed by atoms with Gasteiger partial charge in [-0.3, -0.25) is 4.90 Å². The van der Waals surface area contributed by atoms with Gasteiger partial charge in [-0.25, -0.2) is 0 Å². The number of methoxy groups -OCH3 is 1. The van der Waals surface area contributed by atoms with E-state index in [1.54, 1.807) is 7.11 Å². The molecule has 0 aliphatic heterocycles. The first-order valence-corrected chi connectivity index (χ1v) is 6.22. The molecule has 0 saturated heterocycles. The standard InChI is InChI=1S/C14H24N2O/c1-5-16(11(2)3)10-13(15)12-8-6-7-9-14(12)17-4/h6-9,11,13H,5,10,15H2,1-4H3. The Morgan fingerprint density at radius 2 is 1.94 bits per heavy atom. The summed E-state index contributed by atoms with van der Waals surface area (Å²) in [7, 11) is 1.69. The molecule has 0 aromatic heterocycles. The van der Waals surface area contributed by atoms with E-state index in [-0.39, 0.29) is 6.04 Å². The van der Waals surface area contributed by atoms with E-state index in [1.807, 2.05) is 24.3 Å². The molecule has 0 saturated carbocycles. The van der Waals surface area contributed by atoms with Crippen molar-refractivity contribution in [2.45, 2.75) is 32.9 Å². The van der Waals surface area contributed by atoms with Crippen molar-refractivity contribution in [3.05, 3.63) is 29.8 Å². The summed E-state index contributed by atoms with van der Waals surface area (Å²) in [5, 5.41) is 0. The fourth-order valence-corrected chi connectivity index (χ4v) is 2.03. The third-order valence-electron chi connectivity index (χ3n) is 3.11. The third-order valence-corrected chi connectivity index (χ3v) is 3.11. The lowest BCUT2D eigenvalue weighted by atomic mass is 10.1. The Hall–Kier alpha value is -1.06. The van der Waals surface area contributed by atoms with E-state index in [2.05, 4.69) is 25.7 Å². The van der Waals surface area contributed by atoms with E-state index in [1.165, 1.54) is 0 Å². The van der Waals surface area contributed by atoms with Crippen LogP contribution in [0, 0.1) is 0 Å². The summed E-state index contributed by atoms with van der Waals surface area (Å²) in [5.74, 6) is 0.875. The molecule has 1 rings (SSSR count). The number of hydrogen-bond donors (Lipinski definition) is 1. The Morgan fingerprint density at radius 3 is 2.47 bits per heavy atom. The van der Waals surface area contributed by atoms with Crippen LogP contribution in [0.2, 0.25) is 0 Å². The van der Waals surface area contributed by atoms with Gasteiger partial charge in [0.05, 0.1) is 7.11 Å². The molecule has 1 aromatic rings. The van der Waals surface area contributed by atoms with Gasteiger partial charge >= 0.3 is 0 Å². The molecule has 3 nitrogen and oxygen atoms in total. The highest BCUT2D eigenvalue weighted by Gasteiger charge is 2.16. The van der Waals surface area contributed by atoms with Gasteiger partial charge in [-0.2, -0.15) is 0 Å². The summed E-state index contributed by atoms with van der Waals surface area (Å²) in [6, 6.07) is 8.48. The predicted molar refractivity (Wildman–Crippen MR) is 72.3 cm³/mol. The number of para-hydroxylation sites is 1. The van der Waals surface area contributed by atoms with Crippen LogP contribution in [0.1, 0.15) is 32.4 Å². The maximum absolute atomic E-state index is 6.26. The van der Waals surface area contributed by atoms with Crippen molar-refractivity contribution in [2.75, 3.05) is 20.2 Å². The lowest BCUT2D eigenvalue weighted by Crippen LogP contribution is -2.37. The second-order valence-corrected chi connectivity index (χ2v) is 4.53. The molecule has 0 heterocycles. The lowest BCUT2D eigenvalue weighted by molar-refractivity contribution is 0.218. The van der Waals surface area contributed by atoms with Gasteiger partial charge in [0, 0.05) is 24.2 Å². The summed E-state index contributed by atoms with van der Waals surface area (Å²) < 4.78 is 5.34. The van der Waals surface area contributed by atoms with Gasteiger partial charge in [-0.1, -0.05) is 25.1 Å². The van der Waals surface area contributed by atoms with Crippen LogP contribution < -0.4 is 10.5 Å². The summed E-state index contributed by atoms with van der Waals surface area (Å²) in [6.45, 7) is 8.42. The zero-order chi connectivity index (χ0) is 12.8. The molecule has 96 valence electrons. The molecule has 0 aliphatic rings. The molecule has 0 spiro atoms. The van der Waals surface area contributed by atoms with Crippen molar-refractivity contribution in [2.24, 2.45) is 5.73 Å². The minimum absolute atomic E-state index is 0.00602. The van der Waals surface area contributed by atoms with E-state index in [0.717, 1.165) is 24.4 Å². The second kappa shape index (κ2) is 6.62. The molecule has 2 N–H and O–H groups in total. The van der Waals surface area contributed by atoms with Crippen molar-refractivity contribution in [1.29, 1.82) is 0 Å². The topological polar surface area (TPSA) is 38.5 Å². The average molecular weight is 236 g/mol.